The fourth-order valence-corrected chi connectivity index (χ4v) is 0. The van der Waals surface area contributed by atoms with Gasteiger partial charge in [-0.1, -0.05) is 0 Å². The zero-order valence-corrected chi connectivity index (χ0v) is 6.62. The number of aliphatic hydroxyl groups excluding tert-OH is 1. The van der Waals surface area contributed by atoms with Crippen molar-refractivity contribution >= 4 is 11.9 Å². The lowest BCUT2D eigenvalue weighted by atomic mass is 10.9. The van der Waals surface area contributed by atoms with Crippen LogP contribution in [0, 0.1) is 0 Å². The summed E-state index contributed by atoms with van der Waals surface area (Å²) in [5.41, 5.74) is 0. The lowest BCUT2D eigenvalue weighted by molar-refractivity contribution is -0.302. The molecule has 0 rings (SSSR count). The average Bonchev–Trinajstić information content (AvgIpc) is 1.66. The smallest absolute Gasteiger partial charge is 0.300 e. The average molecular weight is 169 g/mol. The summed E-state index contributed by atoms with van der Waals surface area (Å²) in [5, 5.41) is 23.3. The molecule has 6 heteroatoms. The quantitative estimate of drug-likeness (QED) is 0.418. The molecule has 0 spiro atoms. The highest BCUT2D eigenvalue weighted by Crippen LogP contribution is 1.42. The third-order valence-electron chi connectivity index (χ3n) is 0. The Morgan fingerprint density at radius 1 is 1.18 bits per heavy atom. The first kappa shape index (κ1) is 22.5. The number of aliphatic carboxylic acids is 2. The van der Waals surface area contributed by atoms with Crippen molar-refractivity contribution < 1.29 is 30.4 Å². The van der Waals surface area contributed by atoms with Gasteiger partial charge in [0.25, 0.3) is 5.97 Å². The molecular weight excluding hydrogens is 156 g/mol. The van der Waals surface area contributed by atoms with Crippen LogP contribution >= 0.6 is 0 Å². The summed E-state index contributed by atoms with van der Waals surface area (Å²) in [6, 6.07) is 0. The Balaban J connectivity index is -0.0000000339. The number of carboxylic acid groups (broad SMARTS) is 2. The molecule has 0 unspecified atom stereocenters. The van der Waals surface area contributed by atoms with Crippen LogP contribution in [0.2, 0.25) is 0 Å². The Labute approximate surface area is 64.4 Å². The Bertz CT molecular complexity index is 69.0. The van der Waals surface area contributed by atoms with Crippen LogP contribution in [0.25, 0.3) is 0 Å². The topological polar surface area (TPSA) is 129 Å². The molecule has 6 nitrogen and oxygen atoms in total. The van der Waals surface area contributed by atoms with E-state index in [1.165, 1.54) is 0 Å². The molecule has 0 aromatic carbocycles. The van der Waals surface area contributed by atoms with Crippen LogP contribution < -0.4 is 5.11 Å². The molecule has 0 aliphatic carbocycles. The van der Waals surface area contributed by atoms with Crippen LogP contribution in [0.15, 0.2) is 0 Å². The predicted octanol–water partition coefficient (Wildman–Crippen LogP) is -2.37. The largest absolute Gasteiger partial charge is 0.550 e. The normalized spacial score (nSPS) is 5.09. The molecule has 0 saturated carbocycles. The number of rotatable bonds is 0. The number of hydrogen-bond acceptors (Lipinski definition) is 4. The van der Waals surface area contributed by atoms with Gasteiger partial charge in [0, 0.05) is 20.0 Å². The van der Waals surface area contributed by atoms with Gasteiger partial charge in [-0.05, 0) is 6.92 Å². The van der Waals surface area contributed by atoms with Gasteiger partial charge in [0.05, 0.1) is 0 Å². The summed E-state index contributed by atoms with van der Waals surface area (Å²) in [6.07, 6.45) is 0. The highest BCUT2D eigenvalue weighted by Gasteiger charge is 1.65. The van der Waals surface area contributed by atoms with Gasteiger partial charge in [0.15, 0.2) is 0 Å². The highest BCUT2D eigenvalue weighted by atomic mass is 16.4. The van der Waals surface area contributed by atoms with E-state index in [-0.39, 0.29) is 5.48 Å². The minimum atomic E-state index is -1.08. The zero-order valence-electron chi connectivity index (χ0n) is 6.62. The highest BCUT2D eigenvalue weighted by molar-refractivity contribution is 5.62. The molecule has 70 valence electrons. The second-order valence-electron chi connectivity index (χ2n) is 1.01. The van der Waals surface area contributed by atoms with Crippen molar-refractivity contribution in [3.8, 4) is 0 Å². The van der Waals surface area contributed by atoms with E-state index in [4.69, 9.17) is 24.9 Å². The van der Waals surface area contributed by atoms with Crippen LogP contribution in [0.5, 0.6) is 0 Å². The minimum absolute atomic E-state index is 0. The van der Waals surface area contributed by atoms with Crippen molar-refractivity contribution in [2.45, 2.75) is 13.8 Å². The Kier molecular flexibility index (Phi) is 47.5. The van der Waals surface area contributed by atoms with Crippen LogP contribution in [-0.2, 0) is 9.59 Å². The fourth-order valence-electron chi connectivity index (χ4n) is 0. The van der Waals surface area contributed by atoms with Gasteiger partial charge in [0.1, 0.15) is 0 Å². The van der Waals surface area contributed by atoms with E-state index in [2.05, 4.69) is 0 Å². The Morgan fingerprint density at radius 2 is 1.18 bits per heavy atom. The first-order valence-corrected chi connectivity index (χ1v) is 2.28. The summed E-state index contributed by atoms with van der Waals surface area (Å²) < 4.78 is 0. The van der Waals surface area contributed by atoms with Crippen LogP contribution in [0.4, 0.5) is 0 Å². The van der Waals surface area contributed by atoms with E-state index < -0.39 is 11.9 Å². The number of hydrogen-bond donors (Lipinski definition) is 2. The number of carbonyl (C=O) groups excluding carboxylic acids is 1. The number of carbonyl (C=O) groups is 2. The SMILES string of the molecule is CC(=O)O.CC(=O)[O-].CO.O. The van der Waals surface area contributed by atoms with Crippen LogP contribution in [0.3, 0.4) is 0 Å². The van der Waals surface area contributed by atoms with E-state index in [1.54, 1.807) is 0 Å². The summed E-state index contributed by atoms with van der Waals surface area (Å²) in [5.74, 6) is -1.92. The maximum atomic E-state index is 9.00. The summed E-state index contributed by atoms with van der Waals surface area (Å²) in [7, 11) is 1.00. The van der Waals surface area contributed by atoms with E-state index >= 15 is 0 Å². The van der Waals surface area contributed by atoms with Gasteiger partial charge in [-0.3, -0.25) is 4.79 Å². The van der Waals surface area contributed by atoms with Crippen molar-refractivity contribution in [3.63, 3.8) is 0 Å². The molecule has 0 bridgehead atoms. The minimum Gasteiger partial charge on any atom is -0.550 e. The molecule has 0 radical (unpaired) electrons. The first-order valence-electron chi connectivity index (χ1n) is 2.28. The fraction of sp³-hybridized carbons (Fsp3) is 0.600. The third-order valence-corrected chi connectivity index (χ3v) is 0. The Morgan fingerprint density at radius 3 is 1.18 bits per heavy atom. The molecule has 4 N–H and O–H groups in total. The Hall–Kier alpha value is -1.14. The number of carboxylic acids is 2. The lowest BCUT2D eigenvalue weighted by Gasteiger charge is -1.77. The van der Waals surface area contributed by atoms with Gasteiger partial charge in [-0.2, -0.15) is 0 Å². The monoisotopic (exact) mass is 169 g/mol. The molecular formula is C5H13O6-. The molecule has 0 saturated heterocycles. The standard InChI is InChI=1S/2C2H4O2.CH4O.H2O/c2*1-2(3)4;1-2;/h2*1H3,(H,3,4);2H,1H3;1H2/p-1. The second-order valence-corrected chi connectivity index (χ2v) is 1.01. The molecule has 0 aliphatic rings. The van der Waals surface area contributed by atoms with Crippen molar-refractivity contribution in [3.05, 3.63) is 0 Å². The lowest BCUT2D eigenvalue weighted by Crippen LogP contribution is -2.16. The molecule has 0 heterocycles. The van der Waals surface area contributed by atoms with Crippen molar-refractivity contribution in [2.75, 3.05) is 7.11 Å². The maximum absolute atomic E-state index is 9.00. The molecule has 11 heavy (non-hydrogen) atoms. The van der Waals surface area contributed by atoms with E-state index in [0.717, 1.165) is 21.0 Å². The molecule has 0 fully saturated rings. The van der Waals surface area contributed by atoms with Gasteiger partial charge in [-0.25, -0.2) is 0 Å². The second kappa shape index (κ2) is 23.2. The number of aliphatic hydroxyl groups is 1. The summed E-state index contributed by atoms with van der Waals surface area (Å²) in [4.78, 5) is 17.9. The van der Waals surface area contributed by atoms with Gasteiger partial charge < -0.3 is 25.6 Å². The van der Waals surface area contributed by atoms with Gasteiger partial charge in [-0.15, -0.1) is 0 Å². The van der Waals surface area contributed by atoms with E-state index in [9.17, 15) is 0 Å². The van der Waals surface area contributed by atoms with E-state index in [0.29, 0.717) is 0 Å². The molecule has 0 atom stereocenters. The van der Waals surface area contributed by atoms with Crippen molar-refractivity contribution in [1.82, 2.24) is 0 Å². The van der Waals surface area contributed by atoms with Gasteiger partial charge >= 0.3 is 0 Å². The summed E-state index contributed by atoms with van der Waals surface area (Å²) in [6.45, 7) is 2.06. The third kappa shape index (κ3) is 321. The van der Waals surface area contributed by atoms with Crippen LogP contribution in [0.1, 0.15) is 13.8 Å². The van der Waals surface area contributed by atoms with E-state index in [1.807, 2.05) is 0 Å². The maximum Gasteiger partial charge on any atom is 0.300 e. The van der Waals surface area contributed by atoms with Crippen LogP contribution in [-0.4, -0.2) is 34.7 Å². The zero-order chi connectivity index (χ0) is 9.15. The molecule has 0 aromatic rings. The van der Waals surface area contributed by atoms with Crippen molar-refractivity contribution in [2.24, 2.45) is 0 Å². The summed E-state index contributed by atoms with van der Waals surface area (Å²) >= 11 is 0. The molecule has 0 aliphatic heterocycles. The molecule has 0 amide bonds. The van der Waals surface area contributed by atoms with Gasteiger partial charge in [0.2, 0.25) is 0 Å². The predicted molar refractivity (Wildman–Crippen MR) is 35.7 cm³/mol. The first-order chi connectivity index (χ1) is 4.46. The molecule has 0 aromatic heterocycles. The van der Waals surface area contributed by atoms with Crippen molar-refractivity contribution in [1.29, 1.82) is 0 Å².